The number of aryl methyl sites for hydroxylation is 3. The van der Waals surface area contributed by atoms with E-state index in [1.54, 1.807) is 11.6 Å². The van der Waals surface area contributed by atoms with E-state index in [1.165, 1.54) is 0 Å². The molecule has 2 rings (SSSR count). The number of nitrogens with zero attached hydrogens (tertiary/aromatic N) is 3. The van der Waals surface area contributed by atoms with Crippen molar-refractivity contribution in [1.29, 1.82) is 5.26 Å². The van der Waals surface area contributed by atoms with E-state index in [2.05, 4.69) is 11.2 Å². The summed E-state index contributed by atoms with van der Waals surface area (Å²) >= 11 is 0. The molecule has 1 aromatic heterocycles. The first-order chi connectivity index (χ1) is 11.4. The summed E-state index contributed by atoms with van der Waals surface area (Å²) in [5.41, 5.74) is 3.83. The third-order valence-electron chi connectivity index (χ3n) is 3.74. The quantitative estimate of drug-likeness (QED) is 0.787. The van der Waals surface area contributed by atoms with Crippen molar-refractivity contribution < 1.29 is 14.3 Å². The van der Waals surface area contributed by atoms with Gasteiger partial charge in [0.15, 0.2) is 5.75 Å². The van der Waals surface area contributed by atoms with Crippen LogP contribution >= 0.6 is 0 Å². The molecule has 6 nitrogen and oxygen atoms in total. The van der Waals surface area contributed by atoms with Gasteiger partial charge in [-0.15, -0.1) is 0 Å². The van der Waals surface area contributed by atoms with Crippen LogP contribution in [0.4, 0.5) is 0 Å². The van der Waals surface area contributed by atoms with Gasteiger partial charge in [0, 0.05) is 0 Å². The van der Waals surface area contributed by atoms with Crippen molar-refractivity contribution in [2.45, 2.75) is 41.2 Å². The van der Waals surface area contributed by atoms with E-state index in [0.717, 1.165) is 16.8 Å². The maximum Gasteiger partial charge on any atom is 0.327 e. The Balaban J connectivity index is 2.30. The molecule has 1 heterocycles. The highest BCUT2D eigenvalue weighted by atomic mass is 16.5. The molecule has 24 heavy (non-hydrogen) atoms. The SMILES string of the molecule is CCOC(=O)Cn1nc(C)c(Oc2cc(C)c(C#N)c(C)c2)c1C. The van der Waals surface area contributed by atoms with E-state index < -0.39 is 0 Å². The van der Waals surface area contributed by atoms with Gasteiger partial charge < -0.3 is 9.47 Å². The highest BCUT2D eigenvalue weighted by Gasteiger charge is 2.17. The number of carbonyl (C=O) groups excluding carboxylic acids is 1. The van der Waals surface area contributed by atoms with E-state index >= 15 is 0 Å². The van der Waals surface area contributed by atoms with Gasteiger partial charge in [0.2, 0.25) is 0 Å². The second-order valence-corrected chi connectivity index (χ2v) is 5.61. The number of nitriles is 1. The number of esters is 1. The summed E-state index contributed by atoms with van der Waals surface area (Å²) in [6.45, 7) is 9.58. The minimum atomic E-state index is -0.334. The van der Waals surface area contributed by atoms with Crippen LogP contribution < -0.4 is 4.74 Å². The van der Waals surface area contributed by atoms with Crippen molar-refractivity contribution in [3.05, 3.63) is 40.2 Å². The molecule has 2 aromatic rings. The summed E-state index contributed by atoms with van der Waals surface area (Å²) in [5, 5.41) is 13.5. The number of ether oxygens (including phenoxy) is 2. The molecule has 0 N–H and O–H groups in total. The largest absolute Gasteiger partial charge is 0.465 e. The van der Waals surface area contributed by atoms with Crippen molar-refractivity contribution in [3.8, 4) is 17.6 Å². The van der Waals surface area contributed by atoms with Gasteiger partial charge >= 0.3 is 5.97 Å². The molecule has 0 amide bonds. The van der Waals surface area contributed by atoms with E-state index in [0.29, 0.717) is 29.4 Å². The third kappa shape index (κ3) is 3.57. The molecule has 0 saturated carbocycles. The molecule has 0 fully saturated rings. The van der Waals surface area contributed by atoms with Crippen LogP contribution in [0, 0.1) is 39.0 Å². The zero-order valence-corrected chi connectivity index (χ0v) is 14.6. The Morgan fingerprint density at radius 1 is 1.25 bits per heavy atom. The summed E-state index contributed by atoms with van der Waals surface area (Å²) in [4.78, 5) is 11.6. The second kappa shape index (κ2) is 7.18. The molecule has 0 aliphatic heterocycles. The van der Waals surface area contributed by atoms with Crippen LogP contribution in [0.15, 0.2) is 12.1 Å². The van der Waals surface area contributed by atoms with Crippen LogP contribution in [-0.2, 0) is 16.1 Å². The van der Waals surface area contributed by atoms with Gasteiger partial charge in [0.25, 0.3) is 0 Å². The molecule has 0 unspecified atom stereocenters. The number of aromatic nitrogens is 2. The molecule has 0 aliphatic carbocycles. The molecule has 6 heteroatoms. The lowest BCUT2D eigenvalue weighted by Crippen LogP contribution is -2.15. The van der Waals surface area contributed by atoms with Gasteiger partial charge in [-0.25, -0.2) is 0 Å². The summed E-state index contributed by atoms with van der Waals surface area (Å²) in [5.74, 6) is 0.924. The number of benzene rings is 1. The fraction of sp³-hybridized carbons (Fsp3) is 0.389. The Labute approximate surface area is 141 Å². The van der Waals surface area contributed by atoms with Gasteiger partial charge in [-0.1, -0.05) is 0 Å². The lowest BCUT2D eigenvalue weighted by atomic mass is 10.0. The molecular weight excluding hydrogens is 306 g/mol. The Hall–Kier alpha value is -2.81. The summed E-state index contributed by atoms with van der Waals surface area (Å²) in [6.07, 6.45) is 0. The van der Waals surface area contributed by atoms with Crippen molar-refractivity contribution in [2.75, 3.05) is 6.61 Å². The highest BCUT2D eigenvalue weighted by molar-refractivity contribution is 5.69. The second-order valence-electron chi connectivity index (χ2n) is 5.61. The van der Waals surface area contributed by atoms with E-state index in [9.17, 15) is 4.79 Å². The lowest BCUT2D eigenvalue weighted by molar-refractivity contribution is -0.144. The summed E-state index contributed by atoms with van der Waals surface area (Å²) in [7, 11) is 0. The van der Waals surface area contributed by atoms with Gasteiger partial charge in [-0.3, -0.25) is 9.48 Å². The van der Waals surface area contributed by atoms with Crippen LogP contribution in [0.1, 0.15) is 35.0 Å². The average Bonchev–Trinajstić information content (AvgIpc) is 2.75. The first kappa shape index (κ1) is 17.5. The Bertz CT molecular complexity index is 793. The molecule has 0 saturated heterocycles. The van der Waals surface area contributed by atoms with Crippen molar-refractivity contribution in [2.24, 2.45) is 0 Å². The first-order valence-corrected chi connectivity index (χ1v) is 7.76. The Morgan fingerprint density at radius 3 is 2.42 bits per heavy atom. The fourth-order valence-electron chi connectivity index (χ4n) is 2.59. The average molecular weight is 327 g/mol. The van der Waals surface area contributed by atoms with Crippen LogP contribution in [-0.4, -0.2) is 22.4 Å². The molecule has 0 atom stereocenters. The van der Waals surface area contributed by atoms with Gasteiger partial charge in [-0.2, -0.15) is 10.4 Å². The Kier molecular flexibility index (Phi) is 5.24. The van der Waals surface area contributed by atoms with Crippen LogP contribution in [0.25, 0.3) is 0 Å². The number of hydrogen-bond acceptors (Lipinski definition) is 5. The predicted octanol–water partition coefficient (Wildman–Crippen LogP) is 3.34. The standard InChI is InChI=1S/C18H21N3O3/c1-6-23-17(22)10-21-14(5)18(13(4)20-21)24-15-7-11(2)16(9-19)12(3)8-15/h7-8H,6,10H2,1-5H3. The monoisotopic (exact) mass is 327 g/mol. The molecule has 0 spiro atoms. The normalized spacial score (nSPS) is 10.3. The first-order valence-electron chi connectivity index (χ1n) is 7.76. The number of rotatable bonds is 5. The van der Waals surface area contributed by atoms with Crippen molar-refractivity contribution in [1.82, 2.24) is 9.78 Å². The van der Waals surface area contributed by atoms with E-state index in [1.807, 2.05) is 39.8 Å². The molecule has 1 aromatic carbocycles. The minimum Gasteiger partial charge on any atom is -0.465 e. The molecule has 0 radical (unpaired) electrons. The third-order valence-corrected chi connectivity index (χ3v) is 3.74. The molecule has 0 aliphatic rings. The van der Waals surface area contributed by atoms with Crippen LogP contribution in [0.3, 0.4) is 0 Å². The van der Waals surface area contributed by atoms with Gasteiger partial charge in [0.05, 0.1) is 23.9 Å². The topological polar surface area (TPSA) is 77.1 Å². The maximum absolute atomic E-state index is 11.6. The van der Waals surface area contributed by atoms with Crippen LogP contribution in [0.2, 0.25) is 0 Å². The minimum absolute atomic E-state index is 0.0509. The molecule has 0 bridgehead atoms. The molecular formula is C18H21N3O3. The maximum atomic E-state index is 11.6. The van der Waals surface area contributed by atoms with E-state index in [4.69, 9.17) is 14.7 Å². The summed E-state index contributed by atoms with van der Waals surface area (Å²) in [6, 6.07) is 5.84. The molecule has 126 valence electrons. The lowest BCUT2D eigenvalue weighted by Gasteiger charge is -2.10. The van der Waals surface area contributed by atoms with Gasteiger partial charge in [0.1, 0.15) is 18.0 Å². The zero-order chi connectivity index (χ0) is 17.9. The predicted molar refractivity (Wildman–Crippen MR) is 89.0 cm³/mol. The van der Waals surface area contributed by atoms with E-state index in [-0.39, 0.29) is 12.5 Å². The zero-order valence-electron chi connectivity index (χ0n) is 14.6. The number of carbonyl (C=O) groups is 1. The number of hydrogen-bond donors (Lipinski definition) is 0. The van der Waals surface area contributed by atoms with Crippen molar-refractivity contribution in [3.63, 3.8) is 0 Å². The van der Waals surface area contributed by atoms with Crippen molar-refractivity contribution >= 4 is 5.97 Å². The summed E-state index contributed by atoms with van der Waals surface area (Å²) < 4.78 is 12.5. The highest BCUT2D eigenvalue weighted by Crippen LogP contribution is 2.30. The van der Waals surface area contributed by atoms with Gasteiger partial charge in [-0.05, 0) is 57.9 Å². The fourth-order valence-corrected chi connectivity index (χ4v) is 2.59. The van der Waals surface area contributed by atoms with Crippen LogP contribution in [0.5, 0.6) is 11.5 Å². The smallest absolute Gasteiger partial charge is 0.327 e. The Morgan fingerprint density at radius 2 is 1.88 bits per heavy atom.